The highest BCUT2D eigenvalue weighted by molar-refractivity contribution is 7.10. The van der Waals surface area contributed by atoms with Crippen molar-refractivity contribution in [3.63, 3.8) is 0 Å². The van der Waals surface area contributed by atoms with Gasteiger partial charge in [-0.2, -0.15) is 13.2 Å². The zero-order valence-corrected chi connectivity index (χ0v) is 20.3. The molecular formula is C28H20F4N2O2S. The first kappa shape index (κ1) is 24.7. The van der Waals surface area contributed by atoms with E-state index < -0.39 is 29.0 Å². The number of halogens is 4. The van der Waals surface area contributed by atoms with Gasteiger partial charge in [-0.05, 0) is 77.5 Å². The molecule has 5 rings (SSSR count). The number of thiophene rings is 1. The number of alkyl halides is 3. The third kappa shape index (κ3) is 4.86. The molecule has 0 aliphatic carbocycles. The van der Waals surface area contributed by atoms with Crippen LogP contribution >= 0.6 is 11.3 Å². The molecule has 0 radical (unpaired) electrons. The molecule has 9 heteroatoms. The van der Waals surface area contributed by atoms with E-state index in [2.05, 4.69) is 11.4 Å². The Morgan fingerprint density at radius 2 is 1.73 bits per heavy atom. The molecule has 37 heavy (non-hydrogen) atoms. The van der Waals surface area contributed by atoms with Crippen molar-refractivity contribution in [3.8, 4) is 0 Å². The average molecular weight is 525 g/mol. The fraction of sp³-hybridized carbons (Fsp3) is 0.143. The second kappa shape index (κ2) is 9.48. The Labute approximate surface area is 214 Å². The third-order valence-electron chi connectivity index (χ3n) is 6.30. The van der Waals surface area contributed by atoms with Crippen molar-refractivity contribution >= 4 is 34.5 Å². The largest absolute Gasteiger partial charge is 0.416 e. The van der Waals surface area contributed by atoms with Crippen molar-refractivity contribution in [3.05, 3.63) is 116 Å². The number of rotatable bonds is 3. The Morgan fingerprint density at radius 3 is 2.49 bits per heavy atom. The van der Waals surface area contributed by atoms with Gasteiger partial charge in [0.05, 0.1) is 17.7 Å². The predicted molar refractivity (Wildman–Crippen MR) is 135 cm³/mol. The van der Waals surface area contributed by atoms with Crippen LogP contribution < -0.4 is 10.2 Å². The van der Waals surface area contributed by atoms with Crippen LogP contribution in [0.1, 0.15) is 47.8 Å². The Hall–Kier alpha value is -3.98. The van der Waals surface area contributed by atoms with Crippen LogP contribution in [0, 0.1) is 12.7 Å². The standard InChI is InChI=1S/C28H20F4N2O2S/c1-16-12-20(33-26(35)22-14-19(28(30,31)32)6-9-23(22)29)7-8-21(16)27(36)34-15-25-18(10-11-37-25)13-17-4-2-3-5-24(17)34/h2-12,14H,13,15H2,1H3,(H,33,35). The normalized spacial score (nSPS) is 12.9. The van der Waals surface area contributed by atoms with Crippen molar-refractivity contribution in [2.45, 2.75) is 26.1 Å². The molecule has 1 aromatic heterocycles. The van der Waals surface area contributed by atoms with Crippen LogP contribution in [0.15, 0.2) is 72.1 Å². The summed E-state index contributed by atoms with van der Waals surface area (Å²) in [6, 6.07) is 16.1. The van der Waals surface area contributed by atoms with Crippen LogP contribution in [0.2, 0.25) is 0 Å². The van der Waals surface area contributed by atoms with Gasteiger partial charge in [0.1, 0.15) is 5.82 Å². The molecule has 1 aliphatic rings. The fourth-order valence-corrected chi connectivity index (χ4v) is 5.29. The molecule has 2 heterocycles. The lowest BCUT2D eigenvalue weighted by Gasteiger charge is -2.24. The Balaban J connectivity index is 1.41. The van der Waals surface area contributed by atoms with E-state index in [1.54, 1.807) is 29.2 Å². The summed E-state index contributed by atoms with van der Waals surface area (Å²) in [6.07, 6.45) is -3.98. The molecule has 4 nitrogen and oxygen atoms in total. The summed E-state index contributed by atoms with van der Waals surface area (Å²) >= 11 is 1.60. The highest BCUT2D eigenvalue weighted by atomic mass is 32.1. The quantitative estimate of drug-likeness (QED) is 0.288. The number of hydrogen-bond acceptors (Lipinski definition) is 3. The first-order chi connectivity index (χ1) is 17.6. The number of carbonyl (C=O) groups excluding carboxylic acids is 2. The summed E-state index contributed by atoms with van der Waals surface area (Å²) in [4.78, 5) is 29.1. The number of hydrogen-bond donors (Lipinski definition) is 1. The van der Waals surface area contributed by atoms with Gasteiger partial charge in [0.15, 0.2) is 0 Å². The van der Waals surface area contributed by atoms with E-state index in [-0.39, 0.29) is 11.6 Å². The monoisotopic (exact) mass is 524 g/mol. The molecule has 0 unspecified atom stereocenters. The molecule has 0 saturated carbocycles. The first-order valence-electron chi connectivity index (χ1n) is 11.4. The zero-order valence-electron chi connectivity index (χ0n) is 19.5. The van der Waals surface area contributed by atoms with Crippen molar-refractivity contribution in [1.82, 2.24) is 0 Å². The highest BCUT2D eigenvalue weighted by Gasteiger charge is 2.32. The van der Waals surface area contributed by atoms with E-state index in [4.69, 9.17) is 0 Å². The van der Waals surface area contributed by atoms with Gasteiger partial charge in [-0.1, -0.05) is 18.2 Å². The molecule has 3 aromatic carbocycles. The van der Waals surface area contributed by atoms with Gasteiger partial charge in [-0.25, -0.2) is 4.39 Å². The number of nitrogens with zero attached hydrogens (tertiary/aromatic N) is 1. The summed E-state index contributed by atoms with van der Waals surface area (Å²) in [6.45, 7) is 2.13. The van der Waals surface area contributed by atoms with Gasteiger partial charge in [-0.15, -0.1) is 11.3 Å². The maximum absolute atomic E-state index is 14.1. The van der Waals surface area contributed by atoms with Crippen LogP contribution in [0.4, 0.5) is 28.9 Å². The summed E-state index contributed by atoms with van der Waals surface area (Å²) in [5.74, 6) is -2.30. The predicted octanol–water partition coefficient (Wildman–Crippen LogP) is 7.22. The van der Waals surface area contributed by atoms with Crippen LogP contribution in [-0.4, -0.2) is 11.8 Å². The van der Waals surface area contributed by atoms with Gasteiger partial charge in [0.2, 0.25) is 0 Å². The minimum absolute atomic E-state index is 0.215. The molecule has 1 aliphatic heterocycles. The lowest BCUT2D eigenvalue weighted by atomic mass is 10.0. The topological polar surface area (TPSA) is 49.4 Å². The van der Waals surface area contributed by atoms with Gasteiger partial charge in [0.25, 0.3) is 11.8 Å². The van der Waals surface area contributed by atoms with Gasteiger partial charge in [0, 0.05) is 28.2 Å². The van der Waals surface area contributed by atoms with Crippen LogP contribution in [0.5, 0.6) is 0 Å². The minimum atomic E-state index is -4.71. The van der Waals surface area contributed by atoms with Crippen LogP contribution in [0.25, 0.3) is 0 Å². The van der Waals surface area contributed by atoms with Crippen LogP contribution in [-0.2, 0) is 19.1 Å². The number of carbonyl (C=O) groups is 2. The summed E-state index contributed by atoms with van der Waals surface area (Å²) in [7, 11) is 0. The number of para-hydroxylation sites is 1. The number of amides is 2. The van der Waals surface area contributed by atoms with Crippen LogP contribution in [0.3, 0.4) is 0 Å². The molecule has 188 valence electrons. The van der Waals surface area contributed by atoms with E-state index in [1.165, 1.54) is 17.7 Å². The lowest BCUT2D eigenvalue weighted by molar-refractivity contribution is -0.137. The molecule has 0 atom stereocenters. The maximum Gasteiger partial charge on any atom is 0.416 e. The summed E-state index contributed by atoms with van der Waals surface area (Å²) < 4.78 is 53.2. The molecule has 4 aromatic rings. The SMILES string of the molecule is Cc1cc(NC(=O)c2cc(C(F)(F)F)ccc2F)ccc1C(=O)N1Cc2sccc2Cc2ccccc21. The number of benzene rings is 3. The van der Waals surface area contributed by atoms with Crippen molar-refractivity contribution in [2.24, 2.45) is 0 Å². The average Bonchev–Trinajstić information content (AvgIpc) is 3.22. The van der Waals surface area contributed by atoms with Crippen molar-refractivity contribution < 1.29 is 27.2 Å². The molecule has 0 spiro atoms. The number of fused-ring (bicyclic) bond motifs is 2. The summed E-state index contributed by atoms with van der Waals surface area (Å²) in [5.41, 5.74) is 2.41. The molecule has 0 bridgehead atoms. The zero-order chi connectivity index (χ0) is 26.3. The minimum Gasteiger partial charge on any atom is -0.322 e. The number of nitrogens with one attached hydrogen (secondary N) is 1. The maximum atomic E-state index is 14.1. The second-order valence-electron chi connectivity index (χ2n) is 8.74. The van der Waals surface area contributed by atoms with E-state index in [9.17, 15) is 27.2 Å². The second-order valence-corrected chi connectivity index (χ2v) is 9.74. The van der Waals surface area contributed by atoms with E-state index in [0.717, 1.165) is 22.5 Å². The molecule has 0 saturated heterocycles. The van der Waals surface area contributed by atoms with Crippen molar-refractivity contribution in [1.29, 1.82) is 0 Å². The lowest BCUT2D eigenvalue weighted by Crippen LogP contribution is -2.30. The Bertz CT molecular complexity index is 1530. The third-order valence-corrected chi connectivity index (χ3v) is 7.25. The molecule has 1 N–H and O–H groups in total. The highest BCUT2D eigenvalue weighted by Crippen LogP contribution is 2.35. The number of anilines is 2. The van der Waals surface area contributed by atoms with E-state index >= 15 is 0 Å². The fourth-order valence-electron chi connectivity index (χ4n) is 4.40. The Kier molecular flexibility index (Phi) is 6.33. The smallest absolute Gasteiger partial charge is 0.322 e. The van der Waals surface area contributed by atoms with Gasteiger partial charge < -0.3 is 10.2 Å². The molecule has 2 amide bonds. The van der Waals surface area contributed by atoms with E-state index in [0.29, 0.717) is 35.9 Å². The molecule has 0 fully saturated rings. The number of aryl methyl sites for hydroxylation is 1. The van der Waals surface area contributed by atoms with E-state index in [1.807, 2.05) is 29.6 Å². The molecular weight excluding hydrogens is 504 g/mol. The summed E-state index contributed by atoms with van der Waals surface area (Å²) in [5, 5.41) is 4.44. The Morgan fingerprint density at radius 1 is 0.946 bits per heavy atom. The first-order valence-corrected chi connectivity index (χ1v) is 12.2. The van der Waals surface area contributed by atoms with Gasteiger partial charge in [-0.3, -0.25) is 9.59 Å². The van der Waals surface area contributed by atoms with Gasteiger partial charge >= 0.3 is 6.18 Å². The van der Waals surface area contributed by atoms with Crippen molar-refractivity contribution in [2.75, 3.05) is 10.2 Å².